The smallest absolute Gasteiger partial charge is 0.284 e. The van der Waals surface area contributed by atoms with Gasteiger partial charge in [-0.05, 0) is 36.4 Å². The van der Waals surface area contributed by atoms with E-state index in [1.54, 1.807) is 49.6 Å². The Morgan fingerprint density at radius 2 is 1.90 bits per heavy atom. The van der Waals surface area contributed by atoms with Crippen molar-refractivity contribution in [2.45, 2.75) is 16.6 Å². The molecule has 0 bridgehead atoms. The van der Waals surface area contributed by atoms with Crippen LogP contribution in [0.25, 0.3) is 0 Å². The highest BCUT2D eigenvalue weighted by molar-refractivity contribution is 8.16. The lowest BCUT2D eigenvalue weighted by Gasteiger charge is -2.13. The molecule has 1 aliphatic rings. The van der Waals surface area contributed by atoms with E-state index < -0.39 is 21.2 Å². The van der Waals surface area contributed by atoms with Crippen LogP contribution in [0.3, 0.4) is 0 Å². The van der Waals surface area contributed by atoms with Crippen LogP contribution >= 0.6 is 11.8 Å². The second kappa shape index (κ2) is 9.80. The van der Waals surface area contributed by atoms with Crippen LogP contribution in [0.4, 0.5) is 5.69 Å². The van der Waals surface area contributed by atoms with Crippen LogP contribution in [-0.2, 0) is 19.6 Å². The fraction of sp³-hybridized carbons (Fsp3) is 0.190. The van der Waals surface area contributed by atoms with E-state index in [1.165, 1.54) is 23.1 Å². The molecule has 8 nitrogen and oxygen atoms in total. The van der Waals surface area contributed by atoms with Crippen LogP contribution in [0.1, 0.15) is 6.42 Å². The standard InChI is InChI=1S/C21H21N3O5S2/c1-3-13-24-20(26)18(14-19(25)22-15-9-11-16(29-2)12-10-15)30-21(24)23-31(27,28)17-7-5-4-6-8-17/h3-12,18H,1,13-14H2,2H3,(H,22,25)/t18-/m1/s1. The molecule has 31 heavy (non-hydrogen) atoms. The molecule has 0 unspecified atom stereocenters. The lowest BCUT2D eigenvalue weighted by molar-refractivity contribution is -0.127. The van der Waals surface area contributed by atoms with Gasteiger partial charge in [-0.15, -0.1) is 11.0 Å². The number of amides is 2. The largest absolute Gasteiger partial charge is 0.497 e. The molecule has 1 heterocycles. The molecule has 1 saturated heterocycles. The molecule has 0 aliphatic carbocycles. The Kier molecular flexibility index (Phi) is 7.13. The van der Waals surface area contributed by atoms with Gasteiger partial charge < -0.3 is 10.1 Å². The molecule has 0 saturated carbocycles. The van der Waals surface area contributed by atoms with E-state index in [2.05, 4.69) is 16.3 Å². The summed E-state index contributed by atoms with van der Waals surface area (Å²) in [5.41, 5.74) is 0.560. The minimum absolute atomic E-state index is 0.0230. The molecule has 2 aromatic rings. The number of hydrogen-bond donors (Lipinski definition) is 1. The highest BCUT2D eigenvalue weighted by Crippen LogP contribution is 2.31. The van der Waals surface area contributed by atoms with Crippen LogP contribution in [-0.4, -0.2) is 49.2 Å². The van der Waals surface area contributed by atoms with Crippen molar-refractivity contribution >= 4 is 44.5 Å². The molecule has 3 rings (SSSR count). The first-order valence-corrected chi connectivity index (χ1v) is 11.6. The number of nitrogens with zero attached hydrogens (tertiary/aromatic N) is 2. The molecule has 1 atom stereocenters. The van der Waals surface area contributed by atoms with Gasteiger partial charge in [-0.3, -0.25) is 14.5 Å². The Balaban J connectivity index is 1.75. The van der Waals surface area contributed by atoms with E-state index >= 15 is 0 Å². The van der Waals surface area contributed by atoms with Gasteiger partial charge in [0.25, 0.3) is 10.0 Å². The zero-order chi connectivity index (χ0) is 22.4. The van der Waals surface area contributed by atoms with Crippen molar-refractivity contribution < 1.29 is 22.7 Å². The number of ether oxygens (including phenoxy) is 1. The molecular formula is C21H21N3O5S2. The van der Waals surface area contributed by atoms with E-state index in [1.807, 2.05) is 0 Å². The topological polar surface area (TPSA) is 105 Å². The fourth-order valence-corrected chi connectivity index (χ4v) is 5.20. The van der Waals surface area contributed by atoms with Gasteiger partial charge in [-0.2, -0.15) is 8.42 Å². The van der Waals surface area contributed by atoms with Gasteiger partial charge in [-0.25, -0.2) is 0 Å². The highest BCUT2D eigenvalue weighted by Gasteiger charge is 2.39. The van der Waals surface area contributed by atoms with Crippen molar-refractivity contribution in [3.8, 4) is 5.75 Å². The van der Waals surface area contributed by atoms with Crippen LogP contribution in [0.5, 0.6) is 5.75 Å². The van der Waals surface area contributed by atoms with Crippen LogP contribution in [0, 0.1) is 0 Å². The summed E-state index contributed by atoms with van der Waals surface area (Å²) in [4.78, 5) is 26.5. The molecule has 162 valence electrons. The Morgan fingerprint density at radius 3 is 2.52 bits per heavy atom. The van der Waals surface area contributed by atoms with Crippen molar-refractivity contribution in [3.63, 3.8) is 0 Å². The summed E-state index contributed by atoms with van der Waals surface area (Å²) in [6, 6.07) is 14.5. The average Bonchev–Trinajstić information content (AvgIpc) is 3.03. The number of benzene rings is 2. The molecule has 0 aromatic heterocycles. The lowest BCUT2D eigenvalue weighted by atomic mass is 10.2. The molecular weight excluding hydrogens is 438 g/mol. The van der Waals surface area contributed by atoms with E-state index in [0.29, 0.717) is 11.4 Å². The Morgan fingerprint density at radius 1 is 1.23 bits per heavy atom. The summed E-state index contributed by atoms with van der Waals surface area (Å²) < 4.78 is 34.2. The molecule has 0 spiro atoms. The predicted molar refractivity (Wildman–Crippen MR) is 121 cm³/mol. The maximum Gasteiger partial charge on any atom is 0.284 e. The van der Waals surface area contributed by atoms with Gasteiger partial charge in [0.05, 0.1) is 12.0 Å². The quantitative estimate of drug-likeness (QED) is 0.609. The average molecular weight is 460 g/mol. The zero-order valence-corrected chi connectivity index (χ0v) is 18.4. The van der Waals surface area contributed by atoms with Gasteiger partial charge in [0.1, 0.15) is 11.0 Å². The maximum atomic E-state index is 12.8. The number of sulfonamides is 1. The first-order chi connectivity index (χ1) is 14.8. The number of carbonyl (C=O) groups is 2. The second-order valence-electron chi connectivity index (χ2n) is 6.49. The Hall–Kier alpha value is -3.11. The number of rotatable bonds is 8. The summed E-state index contributed by atoms with van der Waals surface area (Å²) in [5, 5.41) is 1.95. The summed E-state index contributed by atoms with van der Waals surface area (Å²) >= 11 is 0.952. The third kappa shape index (κ3) is 5.53. The number of thioether (sulfide) groups is 1. The molecule has 1 fully saturated rings. The van der Waals surface area contributed by atoms with E-state index in [0.717, 1.165) is 11.8 Å². The van der Waals surface area contributed by atoms with Gasteiger partial charge >= 0.3 is 0 Å². The van der Waals surface area contributed by atoms with Crippen molar-refractivity contribution in [1.29, 1.82) is 0 Å². The van der Waals surface area contributed by atoms with Crippen molar-refractivity contribution in [3.05, 3.63) is 67.3 Å². The van der Waals surface area contributed by atoms with Crippen LogP contribution in [0.15, 0.2) is 76.5 Å². The minimum atomic E-state index is -4.00. The SMILES string of the molecule is C=CCN1C(=O)[C@@H](CC(=O)Nc2ccc(OC)cc2)SC1=NS(=O)(=O)c1ccccc1. The lowest BCUT2D eigenvalue weighted by Crippen LogP contribution is -2.33. The summed E-state index contributed by atoms with van der Waals surface area (Å²) in [6.07, 6.45) is 1.34. The first kappa shape index (κ1) is 22.6. The van der Waals surface area contributed by atoms with E-state index in [4.69, 9.17) is 4.74 Å². The molecule has 2 amide bonds. The highest BCUT2D eigenvalue weighted by atomic mass is 32.2. The van der Waals surface area contributed by atoms with E-state index in [9.17, 15) is 18.0 Å². The molecule has 1 N–H and O–H groups in total. The molecule has 2 aromatic carbocycles. The predicted octanol–water partition coefficient (Wildman–Crippen LogP) is 2.90. The third-order valence-electron chi connectivity index (χ3n) is 4.32. The summed E-state index contributed by atoms with van der Waals surface area (Å²) in [7, 11) is -2.45. The molecule has 10 heteroatoms. The van der Waals surface area contributed by atoms with Crippen molar-refractivity contribution in [2.24, 2.45) is 4.40 Å². The number of nitrogens with one attached hydrogen (secondary N) is 1. The molecule has 0 radical (unpaired) electrons. The number of amidine groups is 1. The number of anilines is 1. The van der Waals surface area contributed by atoms with Gasteiger partial charge in [0.2, 0.25) is 11.8 Å². The van der Waals surface area contributed by atoms with E-state index in [-0.39, 0.29) is 28.9 Å². The van der Waals surface area contributed by atoms with Crippen LogP contribution in [0.2, 0.25) is 0 Å². The van der Waals surface area contributed by atoms with Crippen molar-refractivity contribution in [1.82, 2.24) is 4.90 Å². The van der Waals surface area contributed by atoms with Gasteiger partial charge in [0.15, 0.2) is 5.17 Å². The van der Waals surface area contributed by atoms with Gasteiger partial charge in [-0.1, -0.05) is 36.0 Å². The second-order valence-corrected chi connectivity index (χ2v) is 9.26. The Bertz CT molecular complexity index is 1100. The number of methoxy groups -OCH3 is 1. The maximum absolute atomic E-state index is 12.8. The minimum Gasteiger partial charge on any atom is -0.497 e. The fourth-order valence-electron chi connectivity index (χ4n) is 2.81. The van der Waals surface area contributed by atoms with Crippen LogP contribution < -0.4 is 10.1 Å². The normalized spacial score (nSPS) is 17.6. The number of hydrogen-bond acceptors (Lipinski definition) is 6. The molecule has 1 aliphatic heterocycles. The third-order valence-corrected chi connectivity index (χ3v) is 6.89. The van der Waals surface area contributed by atoms with Crippen molar-refractivity contribution in [2.75, 3.05) is 19.0 Å². The Labute approximate surface area is 185 Å². The summed E-state index contributed by atoms with van der Waals surface area (Å²) in [5.74, 6) is -0.112. The first-order valence-electron chi connectivity index (χ1n) is 9.27. The monoisotopic (exact) mass is 459 g/mol. The zero-order valence-electron chi connectivity index (χ0n) is 16.7. The van der Waals surface area contributed by atoms with Gasteiger partial charge in [0, 0.05) is 18.7 Å². The number of carbonyl (C=O) groups excluding carboxylic acids is 2. The summed E-state index contributed by atoms with van der Waals surface area (Å²) in [6.45, 7) is 3.70.